The number of carbonyl (C=O) groups excluding carboxylic acids is 1. The predicted molar refractivity (Wildman–Crippen MR) is 89.5 cm³/mol. The Balaban J connectivity index is 2.45. The average Bonchev–Trinajstić information content (AvgIpc) is 2.77. The molecule has 1 aromatic heterocycles. The van der Waals surface area contributed by atoms with Gasteiger partial charge in [0.05, 0.1) is 31.0 Å². The summed E-state index contributed by atoms with van der Waals surface area (Å²) in [6, 6.07) is 5.37. The van der Waals surface area contributed by atoms with E-state index in [1.807, 2.05) is 24.5 Å². The summed E-state index contributed by atoms with van der Waals surface area (Å²) < 4.78 is 39.9. The van der Waals surface area contributed by atoms with E-state index in [0.29, 0.717) is 18.7 Å². The molecule has 0 spiro atoms. The van der Waals surface area contributed by atoms with E-state index in [1.165, 1.54) is 0 Å². The Morgan fingerprint density at radius 2 is 2.04 bits per heavy atom. The summed E-state index contributed by atoms with van der Waals surface area (Å²) in [5.41, 5.74) is 2.27. The first kappa shape index (κ1) is 18.4. The summed E-state index contributed by atoms with van der Waals surface area (Å²) in [5.74, 6) is 0.283. The second-order valence-corrected chi connectivity index (χ2v) is 7.08. The van der Waals surface area contributed by atoms with Gasteiger partial charge in [0.1, 0.15) is 0 Å². The van der Waals surface area contributed by atoms with Crippen LogP contribution in [-0.4, -0.2) is 35.9 Å². The summed E-state index contributed by atoms with van der Waals surface area (Å²) >= 11 is 0. The Kier molecular flexibility index (Phi) is 5.61. The zero-order valence-corrected chi connectivity index (χ0v) is 15.0. The van der Waals surface area contributed by atoms with Crippen molar-refractivity contribution in [1.29, 1.82) is 0 Å². The molecule has 0 aliphatic carbocycles. The third-order valence-corrected chi connectivity index (χ3v) is 4.75. The zero-order chi connectivity index (χ0) is 17.9. The fourth-order valence-electron chi connectivity index (χ4n) is 2.89. The Morgan fingerprint density at radius 3 is 2.62 bits per heavy atom. The maximum absolute atomic E-state index is 12.0. The van der Waals surface area contributed by atoms with Crippen molar-refractivity contribution in [3.05, 3.63) is 29.6 Å². The van der Waals surface area contributed by atoms with Gasteiger partial charge in [0.2, 0.25) is 0 Å². The number of fused-ring (bicyclic) bond motifs is 1. The molecule has 2 aromatic rings. The molecule has 0 saturated heterocycles. The van der Waals surface area contributed by atoms with Crippen LogP contribution in [0.2, 0.25) is 0 Å². The van der Waals surface area contributed by atoms with Crippen LogP contribution < -0.4 is 4.57 Å². The molecule has 7 nitrogen and oxygen atoms in total. The lowest BCUT2D eigenvalue weighted by Gasteiger charge is -2.02. The highest BCUT2D eigenvalue weighted by atomic mass is 32.2. The van der Waals surface area contributed by atoms with Gasteiger partial charge in [-0.2, -0.15) is 8.42 Å². The van der Waals surface area contributed by atoms with E-state index < -0.39 is 10.1 Å². The highest BCUT2D eigenvalue weighted by Gasteiger charge is 2.22. The summed E-state index contributed by atoms with van der Waals surface area (Å²) in [6.07, 6.45) is 0.288. The highest BCUT2D eigenvalue weighted by molar-refractivity contribution is 7.85. The number of imidazole rings is 1. The van der Waals surface area contributed by atoms with E-state index in [1.54, 1.807) is 19.1 Å². The molecule has 1 heterocycles. The maximum Gasteiger partial charge on any atom is 0.338 e. The number of carbonyl (C=O) groups is 1. The van der Waals surface area contributed by atoms with Gasteiger partial charge in [0.25, 0.3) is 15.9 Å². The summed E-state index contributed by atoms with van der Waals surface area (Å²) in [6.45, 7) is 7.22. The molecule has 0 saturated carbocycles. The fraction of sp³-hybridized carbons (Fsp3) is 0.500. The first-order valence-corrected chi connectivity index (χ1v) is 9.54. The third-order valence-electron chi connectivity index (χ3n) is 3.95. The Labute approximate surface area is 141 Å². The SMILES string of the molecule is CCOC(=O)c1ccc2c(c1)n(CCCS(=O)(=O)O)c(C)[n+]2CC. The van der Waals surface area contributed by atoms with Crippen LogP contribution in [0.1, 0.15) is 36.5 Å². The van der Waals surface area contributed by atoms with Gasteiger partial charge in [0, 0.05) is 19.4 Å². The average molecular weight is 355 g/mol. The normalized spacial score (nSPS) is 11.8. The number of aromatic nitrogens is 2. The van der Waals surface area contributed by atoms with Crippen molar-refractivity contribution >= 4 is 27.1 Å². The first-order chi connectivity index (χ1) is 11.3. The number of nitrogens with zero attached hydrogens (tertiary/aromatic N) is 2. The lowest BCUT2D eigenvalue weighted by molar-refractivity contribution is -0.675. The van der Waals surface area contributed by atoms with Crippen LogP contribution in [0.4, 0.5) is 0 Å². The Hall–Kier alpha value is -1.93. The molecule has 0 bridgehead atoms. The number of benzene rings is 1. The van der Waals surface area contributed by atoms with E-state index in [0.717, 1.165) is 23.4 Å². The molecular formula is C16H23N2O5S+. The monoisotopic (exact) mass is 355 g/mol. The van der Waals surface area contributed by atoms with E-state index in [9.17, 15) is 13.2 Å². The van der Waals surface area contributed by atoms with Gasteiger partial charge < -0.3 is 4.74 Å². The maximum atomic E-state index is 12.0. The first-order valence-electron chi connectivity index (χ1n) is 7.93. The van der Waals surface area contributed by atoms with Gasteiger partial charge in [-0.1, -0.05) is 0 Å². The molecule has 1 aromatic carbocycles. The van der Waals surface area contributed by atoms with Crippen molar-refractivity contribution in [2.75, 3.05) is 12.4 Å². The second-order valence-electron chi connectivity index (χ2n) is 5.51. The van der Waals surface area contributed by atoms with Gasteiger partial charge in [-0.25, -0.2) is 13.9 Å². The molecule has 8 heteroatoms. The van der Waals surface area contributed by atoms with Crippen molar-refractivity contribution in [3.8, 4) is 0 Å². The molecule has 0 aliphatic heterocycles. The quantitative estimate of drug-likeness (QED) is 0.464. The van der Waals surface area contributed by atoms with E-state index in [2.05, 4.69) is 4.57 Å². The smallest absolute Gasteiger partial charge is 0.338 e. The molecule has 0 atom stereocenters. The fourth-order valence-corrected chi connectivity index (χ4v) is 3.38. The van der Waals surface area contributed by atoms with Crippen molar-refractivity contribution in [1.82, 2.24) is 4.57 Å². The molecule has 0 unspecified atom stereocenters. The number of hydrogen-bond acceptors (Lipinski definition) is 4. The van der Waals surface area contributed by atoms with E-state index in [4.69, 9.17) is 9.29 Å². The zero-order valence-electron chi connectivity index (χ0n) is 14.2. The lowest BCUT2D eigenvalue weighted by Crippen LogP contribution is -2.35. The summed E-state index contributed by atoms with van der Waals surface area (Å²) in [4.78, 5) is 12.0. The van der Waals surface area contributed by atoms with Crippen molar-refractivity contribution in [2.45, 2.75) is 40.3 Å². The highest BCUT2D eigenvalue weighted by Crippen LogP contribution is 2.18. The molecular weight excluding hydrogens is 332 g/mol. The molecule has 0 radical (unpaired) electrons. The van der Waals surface area contributed by atoms with Gasteiger partial charge >= 0.3 is 5.97 Å². The second kappa shape index (κ2) is 7.31. The van der Waals surface area contributed by atoms with Crippen LogP contribution in [0.5, 0.6) is 0 Å². The molecule has 24 heavy (non-hydrogen) atoms. The summed E-state index contributed by atoms with van der Waals surface area (Å²) in [5, 5.41) is 0. The number of rotatable bonds is 7. The van der Waals surface area contributed by atoms with E-state index in [-0.39, 0.29) is 18.1 Å². The lowest BCUT2D eigenvalue weighted by atomic mass is 10.2. The van der Waals surface area contributed by atoms with Crippen molar-refractivity contribution < 1.29 is 27.1 Å². The number of hydrogen-bond donors (Lipinski definition) is 1. The number of esters is 1. The van der Waals surface area contributed by atoms with Crippen molar-refractivity contribution in [2.24, 2.45) is 0 Å². The third kappa shape index (κ3) is 3.93. The van der Waals surface area contributed by atoms with Gasteiger partial charge in [-0.15, -0.1) is 0 Å². The molecule has 0 amide bonds. The topological polar surface area (TPSA) is 89.5 Å². The minimum Gasteiger partial charge on any atom is -0.462 e. The molecule has 132 valence electrons. The molecule has 2 rings (SSSR count). The number of aryl methyl sites for hydroxylation is 2. The van der Waals surface area contributed by atoms with Crippen LogP contribution in [0.25, 0.3) is 11.0 Å². The minimum absolute atomic E-state index is 0.288. The molecule has 0 fully saturated rings. The van der Waals surface area contributed by atoms with Crippen LogP contribution in [0, 0.1) is 6.92 Å². The van der Waals surface area contributed by atoms with Crippen molar-refractivity contribution in [3.63, 3.8) is 0 Å². The number of ether oxygens (including phenoxy) is 1. The van der Waals surface area contributed by atoms with Crippen LogP contribution in [0.15, 0.2) is 18.2 Å². The van der Waals surface area contributed by atoms with Gasteiger partial charge in [-0.05, 0) is 26.0 Å². The molecule has 1 N–H and O–H groups in total. The van der Waals surface area contributed by atoms with Gasteiger partial charge in [-0.3, -0.25) is 4.55 Å². The predicted octanol–water partition coefficient (Wildman–Crippen LogP) is 1.71. The largest absolute Gasteiger partial charge is 0.462 e. The standard InChI is InChI=1S/C16H22N2O5S/c1-4-17-12(3)18(9-6-10-24(20,21)22)15-11-13(7-8-14(15)17)16(19)23-5-2/h7-8,11H,4-6,9-10H2,1-3H3/p+1. The molecule has 0 aliphatic rings. The van der Waals surface area contributed by atoms with E-state index >= 15 is 0 Å². The Bertz CT molecular complexity index is 855. The van der Waals surface area contributed by atoms with Crippen LogP contribution in [-0.2, 0) is 27.9 Å². The van der Waals surface area contributed by atoms with Crippen LogP contribution >= 0.6 is 0 Å². The van der Waals surface area contributed by atoms with Gasteiger partial charge in [0.15, 0.2) is 11.0 Å². The minimum atomic E-state index is -3.98. The summed E-state index contributed by atoms with van der Waals surface area (Å²) in [7, 11) is -3.98. The Morgan fingerprint density at radius 1 is 1.33 bits per heavy atom. The van der Waals surface area contributed by atoms with Crippen LogP contribution in [0.3, 0.4) is 0 Å².